The predicted molar refractivity (Wildman–Crippen MR) is 93.0 cm³/mol. The van der Waals surface area contributed by atoms with Gasteiger partial charge < -0.3 is 10.2 Å². The van der Waals surface area contributed by atoms with E-state index in [4.69, 9.17) is 0 Å². The van der Waals surface area contributed by atoms with Crippen LogP contribution in [0.2, 0.25) is 0 Å². The van der Waals surface area contributed by atoms with Gasteiger partial charge in [-0.25, -0.2) is 0 Å². The molecule has 0 aromatic heterocycles. The summed E-state index contributed by atoms with van der Waals surface area (Å²) in [5.74, 6) is -0.0326. The van der Waals surface area contributed by atoms with Crippen molar-refractivity contribution in [2.24, 2.45) is 9.98 Å². The molecule has 124 valence electrons. The summed E-state index contributed by atoms with van der Waals surface area (Å²) in [5.41, 5.74) is 1.21. The lowest BCUT2D eigenvalue weighted by atomic mass is 9.91. The van der Waals surface area contributed by atoms with Gasteiger partial charge in [0.2, 0.25) is 0 Å². The lowest BCUT2D eigenvalue weighted by Crippen LogP contribution is -2.27. The van der Waals surface area contributed by atoms with Crippen molar-refractivity contribution in [2.45, 2.75) is 37.8 Å². The molecule has 4 nitrogen and oxygen atoms in total. The van der Waals surface area contributed by atoms with Gasteiger partial charge in [0, 0.05) is 12.4 Å². The molecule has 0 heterocycles. The molecule has 0 N–H and O–H groups in total. The maximum atomic E-state index is 11.8. The fraction of sp³-hybridized carbons (Fsp3) is 0.300. The molecule has 0 saturated heterocycles. The van der Waals surface area contributed by atoms with Crippen LogP contribution < -0.4 is 10.2 Å². The van der Waals surface area contributed by atoms with Crippen LogP contribution in [0.3, 0.4) is 0 Å². The lowest BCUT2D eigenvalue weighted by Gasteiger charge is -2.26. The monoisotopic (exact) mass is 320 g/mol. The molecule has 1 fully saturated rings. The van der Waals surface area contributed by atoms with Crippen molar-refractivity contribution in [1.82, 2.24) is 0 Å². The Morgan fingerprint density at radius 1 is 0.708 bits per heavy atom. The largest absolute Gasteiger partial charge is 0.872 e. The average Bonchev–Trinajstić information content (AvgIpc) is 2.61. The number of aliphatic imine (C=N–C) groups is 2. The average molecular weight is 320 g/mol. The Bertz CT molecular complexity index is 676. The molecule has 0 amide bonds. The van der Waals surface area contributed by atoms with Crippen LogP contribution in [0.25, 0.3) is 0 Å². The van der Waals surface area contributed by atoms with Gasteiger partial charge in [0.15, 0.2) is 0 Å². The van der Waals surface area contributed by atoms with Crippen LogP contribution in [0.1, 0.15) is 36.8 Å². The molecule has 3 rings (SSSR count). The van der Waals surface area contributed by atoms with Crippen molar-refractivity contribution in [3.05, 3.63) is 59.7 Å². The SMILES string of the molecule is [O-]c1ccccc1C=NC1CCCCC1N=Cc1ccccc1[O-]. The minimum absolute atomic E-state index is 0.0163. The Morgan fingerprint density at radius 2 is 1.12 bits per heavy atom. The molecule has 0 bridgehead atoms. The molecular weight excluding hydrogens is 300 g/mol. The van der Waals surface area contributed by atoms with Gasteiger partial charge in [0.25, 0.3) is 0 Å². The smallest absolute Gasteiger partial charge is 0.0723 e. The second kappa shape index (κ2) is 7.77. The van der Waals surface area contributed by atoms with E-state index in [1.165, 1.54) is 0 Å². The highest BCUT2D eigenvalue weighted by Crippen LogP contribution is 2.24. The van der Waals surface area contributed by atoms with Crippen LogP contribution in [-0.2, 0) is 0 Å². The zero-order valence-electron chi connectivity index (χ0n) is 13.5. The summed E-state index contributed by atoms with van der Waals surface area (Å²) in [7, 11) is 0. The summed E-state index contributed by atoms with van der Waals surface area (Å²) >= 11 is 0. The van der Waals surface area contributed by atoms with E-state index in [9.17, 15) is 10.2 Å². The first-order valence-corrected chi connectivity index (χ1v) is 8.32. The fourth-order valence-corrected chi connectivity index (χ4v) is 2.97. The van der Waals surface area contributed by atoms with Crippen LogP contribution in [0.5, 0.6) is 11.5 Å². The van der Waals surface area contributed by atoms with Crippen LogP contribution in [-0.4, -0.2) is 24.5 Å². The van der Waals surface area contributed by atoms with Crippen molar-refractivity contribution >= 4 is 12.4 Å². The van der Waals surface area contributed by atoms with Crippen molar-refractivity contribution < 1.29 is 10.2 Å². The summed E-state index contributed by atoms with van der Waals surface area (Å²) in [4.78, 5) is 9.23. The summed E-state index contributed by atoms with van der Waals surface area (Å²) in [6, 6.07) is 13.9. The van der Waals surface area contributed by atoms with Crippen molar-refractivity contribution in [3.8, 4) is 11.5 Å². The van der Waals surface area contributed by atoms with Crippen LogP contribution in [0.4, 0.5) is 0 Å². The maximum absolute atomic E-state index is 11.8. The summed E-state index contributed by atoms with van der Waals surface area (Å²) in [5, 5.41) is 23.5. The minimum atomic E-state index is -0.0163. The van der Waals surface area contributed by atoms with E-state index in [1.807, 2.05) is 12.1 Å². The van der Waals surface area contributed by atoms with Crippen molar-refractivity contribution in [1.29, 1.82) is 0 Å². The second-order valence-corrected chi connectivity index (χ2v) is 6.05. The number of hydrogen-bond donors (Lipinski definition) is 0. The molecule has 2 unspecified atom stereocenters. The molecule has 2 atom stereocenters. The van der Waals surface area contributed by atoms with E-state index in [-0.39, 0.29) is 23.6 Å². The quantitative estimate of drug-likeness (QED) is 0.813. The Hall–Kier alpha value is -2.62. The first-order valence-electron chi connectivity index (χ1n) is 8.32. The number of hydrogen-bond acceptors (Lipinski definition) is 4. The minimum Gasteiger partial charge on any atom is -0.872 e. The Kier molecular flexibility index (Phi) is 5.26. The highest BCUT2D eigenvalue weighted by molar-refractivity contribution is 5.84. The normalized spacial score (nSPS) is 21.5. The summed E-state index contributed by atoms with van der Waals surface area (Å²) < 4.78 is 0. The second-order valence-electron chi connectivity index (χ2n) is 6.05. The third-order valence-corrected chi connectivity index (χ3v) is 4.34. The molecule has 2 aromatic rings. The summed E-state index contributed by atoms with van der Waals surface area (Å²) in [6.07, 6.45) is 7.48. The first kappa shape index (κ1) is 16.2. The first-order chi connectivity index (χ1) is 11.7. The molecule has 1 saturated carbocycles. The van der Waals surface area contributed by atoms with Crippen molar-refractivity contribution in [2.75, 3.05) is 0 Å². The molecule has 24 heavy (non-hydrogen) atoms. The lowest BCUT2D eigenvalue weighted by molar-refractivity contribution is -0.269. The van der Waals surface area contributed by atoms with Crippen LogP contribution in [0.15, 0.2) is 58.5 Å². The number of rotatable bonds is 4. The van der Waals surface area contributed by atoms with Gasteiger partial charge in [0.05, 0.1) is 12.1 Å². The zero-order chi connectivity index (χ0) is 16.8. The molecule has 0 spiro atoms. The fourth-order valence-electron chi connectivity index (χ4n) is 2.97. The Balaban J connectivity index is 1.74. The van der Waals surface area contributed by atoms with Gasteiger partial charge in [-0.2, -0.15) is 0 Å². The van der Waals surface area contributed by atoms with Crippen LogP contribution in [0, 0.1) is 0 Å². The molecule has 0 aliphatic heterocycles. The zero-order valence-corrected chi connectivity index (χ0v) is 13.5. The third kappa shape index (κ3) is 4.02. The van der Waals surface area contributed by atoms with Gasteiger partial charge in [-0.1, -0.05) is 61.4 Å². The third-order valence-electron chi connectivity index (χ3n) is 4.34. The van der Waals surface area contributed by atoms with Crippen LogP contribution >= 0.6 is 0 Å². The van der Waals surface area contributed by atoms with Gasteiger partial charge in [-0.15, -0.1) is 11.5 Å². The topological polar surface area (TPSA) is 70.8 Å². The highest BCUT2D eigenvalue weighted by atomic mass is 16.3. The summed E-state index contributed by atoms with van der Waals surface area (Å²) in [6.45, 7) is 0. The van der Waals surface area contributed by atoms with E-state index in [2.05, 4.69) is 9.98 Å². The molecule has 1 aliphatic rings. The number of benzene rings is 2. The van der Waals surface area contributed by atoms with Gasteiger partial charge >= 0.3 is 0 Å². The van der Waals surface area contributed by atoms with E-state index in [0.29, 0.717) is 11.1 Å². The van der Waals surface area contributed by atoms with Gasteiger partial charge in [0.1, 0.15) is 0 Å². The van der Waals surface area contributed by atoms with E-state index >= 15 is 0 Å². The standard InChI is InChI=1S/C20H22N2O2/c23-19-11-5-1-7-15(19)13-21-17-9-3-4-10-18(17)22-14-16-8-2-6-12-20(16)24/h1-2,5-8,11-14,17-18,23-24H,3-4,9-10H2/p-2. The maximum Gasteiger partial charge on any atom is 0.0723 e. The highest BCUT2D eigenvalue weighted by Gasteiger charge is 2.23. The van der Waals surface area contributed by atoms with E-state index < -0.39 is 0 Å². The Labute approximate surface area is 142 Å². The van der Waals surface area contributed by atoms with Gasteiger partial charge in [-0.3, -0.25) is 9.98 Å². The molecule has 0 radical (unpaired) electrons. The Morgan fingerprint density at radius 3 is 1.54 bits per heavy atom. The number of para-hydroxylation sites is 2. The molecule has 2 aromatic carbocycles. The van der Waals surface area contributed by atoms with Crippen molar-refractivity contribution in [3.63, 3.8) is 0 Å². The molecule has 1 aliphatic carbocycles. The number of nitrogens with zero attached hydrogens (tertiary/aromatic N) is 2. The van der Waals surface area contributed by atoms with E-state index in [0.717, 1.165) is 25.7 Å². The molecular formula is C20H20N2O2-2. The van der Waals surface area contributed by atoms with Gasteiger partial charge in [-0.05, 0) is 24.0 Å². The predicted octanol–water partition coefficient (Wildman–Crippen LogP) is 2.68. The molecule has 4 heteroatoms. The van der Waals surface area contributed by atoms with E-state index in [1.54, 1.807) is 48.8 Å².